The van der Waals surface area contributed by atoms with Crippen LogP contribution in [0, 0.1) is 27.7 Å². The quantitative estimate of drug-likeness (QED) is 0.393. The molecule has 5 rings (SSSR count). The van der Waals surface area contributed by atoms with Crippen LogP contribution >= 0.6 is 0 Å². The summed E-state index contributed by atoms with van der Waals surface area (Å²) in [5, 5.41) is 13.9. The molecule has 3 N–H and O–H groups in total. The van der Waals surface area contributed by atoms with Crippen molar-refractivity contribution in [2.75, 3.05) is 56.6 Å². The number of hydrogen-bond acceptors (Lipinski definition) is 8. The Balaban J connectivity index is 1.19. The number of aryl methyl sites for hydroxylation is 4. The van der Waals surface area contributed by atoms with Gasteiger partial charge >= 0.3 is 0 Å². The second-order valence-electron chi connectivity index (χ2n) is 10.8. The number of nitrogens with zero attached hydrogens (tertiary/aromatic N) is 5. The van der Waals surface area contributed by atoms with Crippen LogP contribution in [0.15, 0.2) is 24.4 Å². The minimum absolute atomic E-state index is 0.279. The van der Waals surface area contributed by atoms with E-state index in [2.05, 4.69) is 61.6 Å². The van der Waals surface area contributed by atoms with E-state index >= 15 is 0 Å². The number of carbonyl (C=O) groups excluding carboxylic acids is 1. The summed E-state index contributed by atoms with van der Waals surface area (Å²) in [5.74, 6) is 2.72. The lowest BCUT2D eigenvalue weighted by molar-refractivity contribution is -0.132. The molecule has 1 aromatic carbocycles. The van der Waals surface area contributed by atoms with E-state index in [1.165, 1.54) is 11.1 Å². The first-order valence-corrected chi connectivity index (χ1v) is 13.9. The first kappa shape index (κ1) is 27.1. The van der Waals surface area contributed by atoms with E-state index in [4.69, 9.17) is 9.72 Å². The number of ether oxygens (including phenoxy) is 1. The molecule has 1 amide bonds. The molecule has 2 fully saturated rings. The van der Waals surface area contributed by atoms with E-state index < -0.39 is 0 Å². The SMILES string of the molecule is Cc1cc(Nc2nc(Nc3cc(C)c(C4CCN(C(=O)CCN5CCOCC5)CC4)cc3C)ncc2C)n[nH]1. The largest absolute Gasteiger partial charge is 0.379 e. The van der Waals surface area contributed by atoms with Gasteiger partial charge in [-0.3, -0.25) is 14.8 Å². The van der Waals surface area contributed by atoms with Crippen LogP contribution in [0.2, 0.25) is 0 Å². The highest BCUT2D eigenvalue weighted by molar-refractivity contribution is 5.76. The summed E-state index contributed by atoms with van der Waals surface area (Å²) in [6.45, 7) is 14.1. The van der Waals surface area contributed by atoms with Crippen molar-refractivity contribution in [3.8, 4) is 0 Å². The lowest BCUT2D eigenvalue weighted by Crippen LogP contribution is -2.42. The minimum Gasteiger partial charge on any atom is -0.379 e. The number of hydrogen-bond donors (Lipinski definition) is 3. The van der Waals surface area contributed by atoms with Crippen molar-refractivity contribution in [3.63, 3.8) is 0 Å². The molecular formula is C29H40N8O2. The molecule has 39 heavy (non-hydrogen) atoms. The van der Waals surface area contributed by atoms with E-state index in [-0.39, 0.29) is 5.91 Å². The summed E-state index contributed by atoms with van der Waals surface area (Å²) in [5.41, 5.74) is 6.70. The number of nitrogens with one attached hydrogen (secondary N) is 3. The average Bonchev–Trinajstić information content (AvgIpc) is 3.36. The van der Waals surface area contributed by atoms with Crippen molar-refractivity contribution >= 4 is 29.2 Å². The maximum Gasteiger partial charge on any atom is 0.229 e. The molecule has 10 nitrogen and oxygen atoms in total. The molecule has 2 aromatic heterocycles. The Hall–Kier alpha value is -3.50. The Labute approximate surface area is 230 Å². The normalized spacial score (nSPS) is 16.9. The van der Waals surface area contributed by atoms with Crippen LogP contribution in [-0.4, -0.2) is 81.8 Å². The summed E-state index contributed by atoms with van der Waals surface area (Å²) in [4.78, 5) is 26.4. The van der Waals surface area contributed by atoms with Crippen molar-refractivity contribution in [1.82, 2.24) is 30.0 Å². The molecule has 2 saturated heterocycles. The highest BCUT2D eigenvalue weighted by Gasteiger charge is 2.25. The number of piperidine rings is 1. The van der Waals surface area contributed by atoms with Crippen LogP contribution in [0.25, 0.3) is 0 Å². The number of anilines is 4. The average molecular weight is 533 g/mol. The van der Waals surface area contributed by atoms with Gasteiger partial charge in [-0.1, -0.05) is 6.07 Å². The number of H-pyrrole nitrogens is 1. The molecule has 0 aliphatic carbocycles. The van der Waals surface area contributed by atoms with Crippen molar-refractivity contribution in [2.45, 2.75) is 52.9 Å². The Kier molecular flexibility index (Phi) is 8.42. The number of aromatic nitrogens is 4. The zero-order valence-electron chi connectivity index (χ0n) is 23.5. The van der Waals surface area contributed by atoms with Gasteiger partial charge in [-0.05, 0) is 69.2 Å². The highest BCUT2D eigenvalue weighted by atomic mass is 16.5. The molecule has 0 radical (unpaired) electrons. The van der Waals surface area contributed by atoms with E-state index in [1.54, 1.807) is 0 Å². The van der Waals surface area contributed by atoms with Gasteiger partial charge in [0, 0.05) is 68.4 Å². The number of benzene rings is 1. The van der Waals surface area contributed by atoms with Crippen molar-refractivity contribution in [2.24, 2.45) is 0 Å². The lowest BCUT2D eigenvalue weighted by atomic mass is 9.85. The molecule has 2 aliphatic rings. The second kappa shape index (κ2) is 12.1. The van der Waals surface area contributed by atoms with Gasteiger partial charge in [0.25, 0.3) is 0 Å². The van der Waals surface area contributed by atoms with Crippen molar-refractivity contribution in [1.29, 1.82) is 0 Å². The summed E-state index contributed by atoms with van der Waals surface area (Å²) < 4.78 is 5.41. The van der Waals surface area contributed by atoms with E-state index in [0.717, 1.165) is 92.9 Å². The van der Waals surface area contributed by atoms with Gasteiger partial charge in [-0.2, -0.15) is 10.1 Å². The molecule has 0 bridgehead atoms. The number of aromatic amines is 1. The van der Waals surface area contributed by atoms with Crippen LogP contribution in [0.1, 0.15) is 53.1 Å². The Morgan fingerprint density at radius 2 is 1.77 bits per heavy atom. The zero-order valence-corrected chi connectivity index (χ0v) is 23.5. The summed E-state index contributed by atoms with van der Waals surface area (Å²) in [7, 11) is 0. The Morgan fingerprint density at radius 1 is 1.00 bits per heavy atom. The molecule has 10 heteroatoms. The van der Waals surface area contributed by atoms with Crippen LogP contribution in [-0.2, 0) is 9.53 Å². The highest BCUT2D eigenvalue weighted by Crippen LogP contribution is 2.34. The fraction of sp³-hybridized carbons (Fsp3) is 0.517. The zero-order chi connectivity index (χ0) is 27.4. The second-order valence-corrected chi connectivity index (χ2v) is 10.8. The van der Waals surface area contributed by atoms with Crippen molar-refractivity contribution < 1.29 is 9.53 Å². The number of rotatable bonds is 8. The Morgan fingerprint density at radius 3 is 2.49 bits per heavy atom. The van der Waals surface area contributed by atoms with Gasteiger partial charge in [0.2, 0.25) is 11.9 Å². The van der Waals surface area contributed by atoms with E-state index in [0.29, 0.717) is 18.3 Å². The number of morpholine rings is 1. The standard InChI is InChI=1S/C29H40N8O2/c1-19-16-25(31-29-30-18-21(3)28(33-29)32-26-17-22(4)34-35-26)20(2)15-24(19)23-5-9-37(10-6-23)27(38)7-8-36-11-13-39-14-12-36/h15-18,23H,5-14H2,1-4H3,(H3,30,31,32,33,34,35). The molecule has 208 valence electrons. The molecule has 0 unspecified atom stereocenters. The van der Waals surface area contributed by atoms with Gasteiger partial charge in [0.15, 0.2) is 5.82 Å². The summed E-state index contributed by atoms with van der Waals surface area (Å²) in [6, 6.07) is 6.42. The van der Waals surface area contributed by atoms with Crippen LogP contribution < -0.4 is 10.6 Å². The topological polar surface area (TPSA) is 111 Å². The minimum atomic E-state index is 0.279. The molecular weight excluding hydrogens is 492 g/mol. The molecule has 0 saturated carbocycles. The summed E-state index contributed by atoms with van der Waals surface area (Å²) in [6.07, 6.45) is 4.41. The first-order valence-electron chi connectivity index (χ1n) is 13.9. The number of likely N-dealkylation sites (tertiary alicyclic amines) is 1. The van der Waals surface area contributed by atoms with Crippen molar-refractivity contribution in [3.05, 3.63) is 52.3 Å². The van der Waals surface area contributed by atoms with Gasteiger partial charge < -0.3 is 20.3 Å². The lowest BCUT2D eigenvalue weighted by Gasteiger charge is -2.34. The monoisotopic (exact) mass is 532 g/mol. The van der Waals surface area contributed by atoms with Crippen LogP contribution in [0.3, 0.4) is 0 Å². The fourth-order valence-corrected chi connectivity index (χ4v) is 5.44. The first-order chi connectivity index (χ1) is 18.9. The molecule has 0 spiro atoms. The van der Waals surface area contributed by atoms with Gasteiger partial charge in [-0.15, -0.1) is 0 Å². The van der Waals surface area contributed by atoms with E-state index in [9.17, 15) is 4.79 Å². The number of carbonyl (C=O) groups is 1. The third-order valence-corrected chi connectivity index (χ3v) is 7.82. The maximum absolute atomic E-state index is 12.8. The molecule has 0 atom stereocenters. The molecule has 4 heterocycles. The predicted octanol–water partition coefficient (Wildman–Crippen LogP) is 4.35. The van der Waals surface area contributed by atoms with Gasteiger partial charge in [0.1, 0.15) is 5.82 Å². The van der Waals surface area contributed by atoms with Gasteiger partial charge in [-0.25, -0.2) is 4.98 Å². The number of amides is 1. The summed E-state index contributed by atoms with van der Waals surface area (Å²) >= 11 is 0. The van der Waals surface area contributed by atoms with Crippen LogP contribution in [0.4, 0.5) is 23.3 Å². The molecule has 2 aliphatic heterocycles. The molecule has 3 aromatic rings. The smallest absolute Gasteiger partial charge is 0.229 e. The maximum atomic E-state index is 12.8. The Bertz CT molecular complexity index is 1290. The van der Waals surface area contributed by atoms with Crippen LogP contribution in [0.5, 0.6) is 0 Å². The van der Waals surface area contributed by atoms with E-state index in [1.807, 2.05) is 26.1 Å². The predicted molar refractivity (Wildman–Crippen MR) is 153 cm³/mol. The van der Waals surface area contributed by atoms with Gasteiger partial charge in [0.05, 0.1) is 13.2 Å². The third kappa shape index (κ3) is 6.75. The third-order valence-electron chi connectivity index (χ3n) is 7.82. The fourth-order valence-electron chi connectivity index (χ4n) is 5.44.